The Morgan fingerprint density at radius 1 is 0.846 bits per heavy atom. The van der Waals surface area contributed by atoms with E-state index in [4.69, 9.17) is 13.3 Å². The van der Waals surface area contributed by atoms with Gasteiger partial charge in [0.05, 0.1) is 0 Å². The highest BCUT2D eigenvalue weighted by atomic mass is 28.4. The smallest absolute Gasteiger partial charge is 0.377 e. The van der Waals surface area contributed by atoms with Crippen molar-refractivity contribution in [2.75, 3.05) is 21.3 Å². The van der Waals surface area contributed by atoms with Crippen LogP contribution in [0.3, 0.4) is 0 Å². The van der Waals surface area contributed by atoms with Crippen molar-refractivity contribution in [3.63, 3.8) is 0 Å². The maximum Gasteiger partial charge on any atom is 0.500 e. The highest BCUT2D eigenvalue weighted by Crippen LogP contribution is 2.42. The summed E-state index contributed by atoms with van der Waals surface area (Å²) in [5.74, 6) is 0.412. The van der Waals surface area contributed by atoms with Crippen molar-refractivity contribution < 1.29 is 13.3 Å². The van der Waals surface area contributed by atoms with Crippen molar-refractivity contribution in [1.29, 1.82) is 0 Å². The third-order valence-electron chi connectivity index (χ3n) is 5.89. The molecule has 26 heavy (non-hydrogen) atoms. The molecule has 0 saturated carbocycles. The molecule has 1 aliphatic carbocycles. The fourth-order valence-electron chi connectivity index (χ4n) is 4.55. The number of fused-ring (bicyclic) bond motifs is 5. The van der Waals surface area contributed by atoms with Gasteiger partial charge in [0.2, 0.25) is 0 Å². The van der Waals surface area contributed by atoms with Crippen molar-refractivity contribution in [3.8, 4) is 0 Å². The van der Waals surface area contributed by atoms with Gasteiger partial charge < -0.3 is 13.3 Å². The van der Waals surface area contributed by atoms with Crippen LogP contribution in [0.5, 0.6) is 0 Å². The van der Waals surface area contributed by atoms with Gasteiger partial charge in [-0.1, -0.05) is 48.5 Å². The zero-order chi connectivity index (χ0) is 18.1. The van der Waals surface area contributed by atoms with E-state index in [9.17, 15) is 0 Å². The number of benzene rings is 3. The third kappa shape index (κ3) is 2.87. The summed E-state index contributed by atoms with van der Waals surface area (Å²) >= 11 is 0. The zero-order valence-electron chi connectivity index (χ0n) is 15.7. The SMILES string of the molecule is CO[Si](CC1CCCc2ccc3c(ccc4ccccc43)c21)(OC)OC. The van der Waals surface area contributed by atoms with Gasteiger partial charge in [-0.05, 0) is 57.9 Å². The lowest BCUT2D eigenvalue weighted by atomic mass is 9.80. The van der Waals surface area contributed by atoms with Crippen LogP contribution in [0.4, 0.5) is 0 Å². The number of hydrogen-bond acceptors (Lipinski definition) is 3. The quantitative estimate of drug-likeness (QED) is 0.453. The Kier molecular flexibility index (Phi) is 4.84. The average molecular weight is 367 g/mol. The molecule has 4 rings (SSSR count). The standard InChI is InChI=1S/C22H26O3Si/c1-23-26(24-2,25-3)15-18-9-6-8-17-12-13-20-19-10-5-4-7-16(19)11-14-21(20)22(17)18/h4-5,7,10-14,18H,6,8-9,15H2,1-3H3. The first-order valence-corrected chi connectivity index (χ1v) is 11.2. The van der Waals surface area contributed by atoms with Gasteiger partial charge in [-0.25, -0.2) is 0 Å². The lowest BCUT2D eigenvalue weighted by Crippen LogP contribution is -2.44. The highest BCUT2D eigenvalue weighted by molar-refractivity contribution is 6.60. The van der Waals surface area contributed by atoms with Gasteiger partial charge in [0.15, 0.2) is 0 Å². The van der Waals surface area contributed by atoms with Crippen LogP contribution in [-0.4, -0.2) is 30.1 Å². The maximum absolute atomic E-state index is 5.73. The zero-order valence-corrected chi connectivity index (χ0v) is 16.7. The van der Waals surface area contributed by atoms with Crippen molar-refractivity contribution in [2.45, 2.75) is 31.2 Å². The first-order valence-electron chi connectivity index (χ1n) is 9.30. The number of hydrogen-bond donors (Lipinski definition) is 0. The van der Waals surface area contributed by atoms with Gasteiger partial charge in [0.25, 0.3) is 0 Å². The van der Waals surface area contributed by atoms with Crippen LogP contribution < -0.4 is 0 Å². The van der Waals surface area contributed by atoms with Crippen LogP contribution in [0.2, 0.25) is 6.04 Å². The summed E-state index contributed by atoms with van der Waals surface area (Å²) < 4.78 is 17.2. The second-order valence-electron chi connectivity index (χ2n) is 7.11. The van der Waals surface area contributed by atoms with Crippen molar-refractivity contribution in [1.82, 2.24) is 0 Å². The van der Waals surface area contributed by atoms with Gasteiger partial charge >= 0.3 is 8.80 Å². The molecule has 0 N–H and O–H groups in total. The average Bonchev–Trinajstić information content (AvgIpc) is 2.71. The Morgan fingerprint density at radius 3 is 2.35 bits per heavy atom. The minimum atomic E-state index is -2.61. The van der Waals surface area contributed by atoms with Gasteiger partial charge in [0.1, 0.15) is 0 Å². The van der Waals surface area contributed by atoms with Gasteiger partial charge in [-0.15, -0.1) is 0 Å². The third-order valence-corrected chi connectivity index (χ3v) is 8.75. The molecule has 3 aromatic rings. The van der Waals surface area contributed by atoms with E-state index >= 15 is 0 Å². The molecule has 1 unspecified atom stereocenters. The summed E-state index contributed by atoms with van der Waals surface area (Å²) in [6, 6.07) is 18.6. The van der Waals surface area contributed by atoms with Crippen molar-refractivity contribution in [3.05, 3.63) is 59.7 Å². The molecule has 0 bridgehead atoms. The van der Waals surface area contributed by atoms with E-state index in [1.807, 2.05) is 0 Å². The first-order chi connectivity index (χ1) is 12.7. The molecule has 3 nitrogen and oxygen atoms in total. The Balaban J connectivity index is 1.88. The molecule has 0 radical (unpaired) electrons. The lowest BCUT2D eigenvalue weighted by molar-refractivity contribution is 0.120. The second kappa shape index (κ2) is 7.12. The fraction of sp³-hybridized carbons (Fsp3) is 0.364. The number of aryl methyl sites for hydroxylation is 1. The summed E-state index contributed by atoms with van der Waals surface area (Å²) in [6.45, 7) is 0. The lowest BCUT2D eigenvalue weighted by Gasteiger charge is -2.33. The molecule has 1 atom stereocenters. The molecule has 3 aromatic carbocycles. The topological polar surface area (TPSA) is 27.7 Å². The Morgan fingerprint density at radius 2 is 1.58 bits per heavy atom. The molecule has 0 heterocycles. The summed E-state index contributed by atoms with van der Waals surface area (Å²) in [4.78, 5) is 0. The van der Waals surface area contributed by atoms with Crippen LogP contribution in [0.25, 0.3) is 21.5 Å². The molecule has 0 aromatic heterocycles. The molecule has 0 aliphatic heterocycles. The summed E-state index contributed by atoms with van der Waals surface area (Å²) in [5, 5.41) is 5.33. The van der Waals surface area contributed by atoms with Crippen LogP contribution in [0.15, 0.2) is 48.5 Å². The van der Waals surface area contributed by atoms with Gasteiger partial charge in [0, 0.05) is 27.4 Å². The number of rotatable bonds is 5. The molecule has 1 aliphatic rings. The maximum atomic E-state index is 5.73. The van der Waals surface area contributed by atoms with Crippen molar-refractivity contribution >= 4 is 30.3 Å². The minimum absolute atomic E-state index is 0.412. The molecular weight excluding hydrogens is 340 g/mol. The van der Waals surface area contributed by atoms with Gasteiger partial charge in [-0.2, -0.15) is 0 Å². The largest absolute Gasteiger partial charge is 0.500 e. The van der Waals surface area contributed by atoms with E-state index in [-0.39, 0.29) is 0 Å². The Hall–Kier alpha value is -1.72. The molecule has 0 spiro atoms. The van der Waals surface area contributed by atoms with Crippen LogP contribution in [-0.2, 0) is 19.7 Å². The van der Waals surface area contributed by atoms with E-state index in [1.165, 1.54) is 39.1 Å². The fourth-order valence-corrected chi connectivity index (χ4v) is 6.56. The molecule has 0 amide bonds. The van der Waals surface area contributed by atoms with Crippen molar-refractivity contribution in [2.24, 2.45) is 0 Å². The van der Waals surface area contributed by atoms with E-state index < -0.39 is 8.80 Å². The molecule has 4 heteroatoms. The molecular formula is C22H26O3Si. The molecule has 136 valence electrons. The summed E-state index contributed by atoms with van der Waals surface area (Å²) in [7, 11) is 2.51. The second-order valence-corrected chi connectivity index (χ2v) is 10.1. The van der Waals surface area contributed by atoms with Crippen LogP contribution in [0.1, 0.15) is 29.9 Å². The van der Waals surface area contributed by atoms with E-state index in [0.717, 1.165) is 18.9 Å². The Bertz CT molecular complexity index is 925. The minimum Gasteiger partial charge on any atom is -0.377 e. The first kappa shape index (κ1) is 17.7. The molecule has 0 saturated heterocycles. The van der Waals surface area contributed by atoms with Gasteiger partial charge in [-0.3, -0.25) is 0 Å². The summed E-state index contributed by atoms with van der Waals surface area (Å²) in [5.41, 5.74) is 2.94. The van der Waals surface area contributed by atoms with E-state index in [1.54, 1.807) is 21.3 Å². The van der Waals surface area contributed by atoms with E-state index in [2.05, 4.69) is 48.5 Å². The Labute approximate surface area is 156 Å². The predicted molar refractivity (Wildman–Crippen MR) is 109 cm³/mol. The highest BCUT2D eigenvalue weighted by Gasteiger charge is 2.42. The normalized spacial score (nSPS) is 17.6. The summed E-state index contributed by atoms with van der Waals surface area (Å²) in [6.07, 6.45) is 3.51. The molecule has 0 fully saturated rings. The monoisotopic (exact) mass is 366 g/mol. The van der Waals surface area contributed by atoms with Crippen LogP contribution in [0, 0.1) is 0 Å². The van der Waals surface area contributed by atoms with E-state index in [0.29, 0.717) is 5.92 Å². The predicted octanol–water partition coefficient (Wildman–Crippen LogP) is 5.29. The van der Waals surface area contributed by atoms with Crippen LogP contribution >= 0.6 is 0 Å².